The van der Waals surface area contributed by atoms with Crippen molar-refractivity contribution in [2.45, 2.75) is 58.0 Å². The molecule has 13 heteroatoms. The third kappa shape index (κ3) is 6.16. The summed E-state index contributed by atoms with van der Waals surface area (Å²) in [6, 6.07) is 8.94. The number of ether oxygens (including phenoxy) is 2. The Hall–Kier alpha value is -3.81. The van der Waals surface area contributed by atoms with E-state index in [0.29, 0.717) is 30.8 Å². The molecule has 3 aromatic rings. The van der Waals surface area contributed by atoms with Crippen LogP contribution in [0.5, 0.6) is 11.6 Å². The molecule has 0 bridgehead atoms. The monoisotopic (exact) mass is 571 g/mol. The highest BCUT2D eigenvalue weighted by Crippen LogP contribution is 2.36. The molecule has 1 fully saturated rings. The predicted octanol–water partition coefficient (Wildman–Crippen LogP) is 4.10. The van der Waals surface area contributed by atoms with E-state index in [2.05, 4.69) is 15.1 Å². The van der Waals surface area contributed by atoms with Crippen molar-refractivity contribution in [1.82, 2.24) is 19.8 Å². The summed E-state index contributed by atoms with van der Waals surface area (Å²) in [4.78, 5) is 23.6. The second kappa shape index (κ2) is 12.1. The maximum atomic E-state index is 13.2. The molecule has 2 N–H and O–H groups in total. The zero-order valence-electron chi connectivity index (χ0n) is 22.9. The van der Waals surface area contributed by atoms with Crippen molar-refractivity contribution in [2.24, 2.45) is 0 Å². The fourth-order valence-electron chi connectivity index (χ4n) is 4.36. The fourth-order valence-corrected chi connectivity index (χ4v) is 5.64. The quantitative estimate of drug-likeness (QED) is 0.258. The smallest absolute Gasteiger partial charge is 0.272 e. The van der Waals surface area contributed by atoms with Gasteiger partial charge in [-0.25, -0.2) is 13.1 Å². The van der Waals surface area contributed by atoms with Crippen LogP contribution in [0.1, 0.15) is 53.4 Å². The summed E-state index contributed by atoms with van der Waals surface area (Å²) in [6.07, 6.45) is 2.25. The molecular weight excluding hydrogens is 538 g/mol. The van der Waals surface area contributed by atoms with Gasteiger partial charge in [-0.3, -0.25) is 14.9 Å². The number of hydrogen-bond acceptors (Lipinski definition) is 8. The zero-order valence-corrected chi connectivity index (χ0v) is 23.7. The fraction of sp³-hybridized carbons (Fsp3) is 0.407. The van der Waals surface area contributed by atoms with Crippen LogP contribution >= 0.6 is 0 Å². The number of nitro benzene ring substituents is 1. The normalized spacial score (nSPS) is 15.2. The van der Waals surface area contributed by atoms with Crippen molar-refractivity contribution in [1.29, 1.82) is 0 Å². The number of non-ortho nitro benzene ring substituents is 1. The Morgan fingerprint density at radius 3 is 2.67 bits per heavy atom. The number of sulfonamides is 1. The average molecular weight is 572 g/mol. The van der Waals surface area contributed by atoms with E-state index in [-0.39, 0.29) is 30.0 Å². The van der Waals surface area contributed by atoms with Gasteiger partial charge in [0.1, 0.15) is 10.6 Å². The SMILES string of the molecule is CCCNS(=O)(=O)c1cc([N+](=O)[O-])ccc1Oc1c(C)c(C(=O)NC[C@@H]2CCCO2)nn1-c1cccc(C)c1C. The van der Waals surface area contributed by atoms with Crippen LogP contribution in [0.3, 0.4) is 0 Å². The number of carbonyl (C=O) groups excluding carboxylic acids is 1. The molecule has 1 aliphatic heterocycles. The van der Waals surface area contributed by atoms with Crippen molar-refractivity contribution in [2.75, 3.05) is 19.7 Å². The molecule has 1 aliphatic rings. The van der Waals surface area contributed by atoms with Crippen LogP contribution in [0.15, 0.2) is 41.3 Å². The lowest BCUT2D eigenvalue weighted by Crippen LogP contribution is -2.32. The number of aromatic nitrogens is 2. The lowest BCUT2D eigenvalue weighted by atomic mass is 10.1. The molecule has 0 unspecified atom stereocenters. The molecule has 4 rings (SSSR count). The van der Waals surface area contributed by atoms with E-state index >= 15 is 0 Å². The maximum absolute atomic E-state index is 13.2. The van der Waals surface area contributed by atoms with E-state index < -0.39 is 31.4 Å². The number of rotatable bonds is 11. The largest absolute Gasteiger partial charge is 0.437 e. The molecule has 0 radical (unpaired) electrons. The summed E-state index contributed by atoms with van der Waals surface area (Å²) in [5.41, 5.74) is 2.55. The molecule has 0 aliphatic carbocycles. The van der Waals surface area contributed by atoms with Crippen molar-refractivity contribution in [3.63, 3.8) is 0 Å². The van der Waals surface area contributed by atoms with Gasteiger partial charge in [-0.15, -0.1) is 0 Å². The van der Waals surface area contributed by atoms with Gasteiger partial charge < -0.3 is 14.8 Å². The number of aryl methyl sites for hydroxylation is 1. The Labute approximate surface area is 232 Å². The lowest BCUT2D eigenvalue weighted by molar-refractivity contribution is -0.385. The van der Waals surface area contributed by atoms with Gasteiger partial charge in [0.25, 0.3) is 11.6 Å². The highest BCUT2D eigenvalue weighted by molar-refractivity contribution is 7.89. The van der Waals surface area contributed by atoms with Gasteiger partial charge in [0.2, 0.25) is 15.9 Å². The first kappa shape index (κ1) is 29.2. The van der Waals surface area contributed by atoms with Crippen LogP contribution in [0, 0.1) is 30.9 Å². The Morgan fingerprint density at radius 2 is 2.00 bits per heavy atom. The van der Waals surface area contributed by atoms with Crippen LogP contribution in [0.25, 0.3) is 5.69 Å². The molecule has 2 aromatic carbocycles. The van der Waals surface area contributed by atoms with E-state index in [4.69, 9.17) is 9.47 Å². The number of nitro groups is 1. The number of nitrogens with one attached hydrogen (secondary N) is 2. The Kier molecular flexibility index (Phi) is 8.86. The highest BCUT2D eigenvalue weighted by atomic mass is 32.2. The molecule has 1 aromatic heterocycles. The van der Waals surface area contributed by atoms with Gasteiger partial charge in [0, 0.05) is 37.4 Å². The molecule has 40 heavy (non-hydrogen) atoms. The number of carbonyl (C=O) groups is 1. The second-order valence-electron chi connectivity index (χ2n) is 9.64. The predicted molar refractivity (Wildman–Crippen MR) is 148 cm³/mol. The minimum Gasteiger partial charge on any atom is -0.437 e. The van der Waals surface area contributed by atoms with Gasteiger partial charge in [-0.05, 0) is 63.3 Å². The Balaban J connectivity index is 1.82. The van der Waals surface area contributed by atoms with E-state index in [1.807, 2.05) is 32.0 Å². The summed E-state index contributed by atoms with van der Waals surface area (Å²) >= 11 is 0. The van der Waals surface area contributed by atoms with E-state index in [1.54, 1.807) is 13.8 Å². The van der Waals surface area contributed by atoms with Gasteiger partial charge in [0.15, 0.2) is 5.69 Å². The third-order valence-electron chi connectivity index (χ3n) is 6.78. The van der Waals surface area contributed by atoms with E-state index in [1.165, 1.54) is 10.7 Å². The number of hydrogen-bond donors (Lipinski definition) is 2. The van der Waals surface area contributed by atoms with Crippen LogP contribution in [-0.4, -0.2) is 54.8 Å². The molecule has 0 spiro atoms. The lowest BCUT2D eigenvalue weighted by Gasteiger charge is -2.15. The molecule has 2 heterocycles. The van der Waals surface area contributed by atoms with E-state index in [9.17, 15) is 23.3 Å². The van der Waals surface area contributed by atoms with Gasteiger partial charge in [-0.1, -0.05) is 19.1 Å². The van der Waals surface area contributed by atoms with E-state index in [0.717, 1.165) is 36.1 Å². The molecule has 1 saturated heterocycles. The summed E-state index contributed by atoms with van der Waals surface area (Å²) in [5, 5.41) is 18.9. The van der Waals surface area contributed by atoms with Gasteiger partial charge in [0.05, 0.1) is 16.7 Å². The first-order chi connectivity index (χ1) is 19.0. The standard InChI is InChI=1S/C27H33N5O7S/c1-5-13-29-40(36,37)24-15-20(32(34)35)11-12-23(24)39-27-19(4)25(26(33)28-16-21-9-7-14-38-21)30-31(27)22-10-6-8-17(2)18(22)3/h6,8,10-12,15,21,29H,5,7,9,13-14,16H2,1-4H3,(H,28,33)/t21-/m0/s1. The van der Waals surface area contributed by atoms with Crippen molar-refractivity contribution >= 4 is 21.6 Å². The molecule has 214 valence electrons. The number of nitrogens with zero attached hydrogens (tertiary/aromatic N) is 3. The average Bonchev–Trinajstić information content (AvgIpc) is 3.56. The Morgan fingerprint density at radius 1 is 1.23 bits per heavy atom. The van der Waals surface area contributed by atoms with Crippen LogP contribution in [0.4, 0.5) is 5.69 Å². The van der Waals surface area contributed by atoms with Crippen LogP contribution in [0.2, 0.25) is 0 Å². The minimum atomic E-state index is -4.16. The number of benzene rings is 2. The molecule has 1 atom stereocenters. The summed E-state index contributed by atoms with van der Waals surface area (Å²) < 4.78 is 41.9. The first-order valence-corrected chi connectivity index (χ1v) is 14.5. The molecule has 1 amide bonds. The minimum absolute atomic E-state index is 0.0652. The molecule has 0 saturated carbocycles. The zero-order chi connectivity index (χ0) is 29.0. The highest BCUT2D eigenvalue weighted by Gasteiger charge is 2.28. The van der Waals surface area contributed by atoms with Crippen molar-refractivity contribution in [3.05, 3.63) is 68.9 Å². The van der Waals surface area contributed by atoms with Crippen LogP contribution in [-0.2, 0) is 14.8 Å². The molecular formula is C27H33N5O7S. The summed E-state index contributed by atoms with van der Waals surface area (Å²) in [6.45, 7) is 8.42. The van der Waals surface area contributed by atoms with Crippen molar-refractivity contribution < 1.29 is 27.6 Å². The Bertz CT molecular complexity index is 1530. The van der Waals surface area contributed by atoms with Gasteiger partial charge in [-0.2, -0.15) is 9.78 Å². The second-order valence-corrected chi connectivity index (χ2v) is 11.4. The third-order valence-corrected chi connectivity index (χ3v) is 8.26. The summed E-state index contributed by atoms with van der Waals surface area (Å²) in [5.74, 6) is -0.463. The topological polar surface area (TPSA) is 155 Å². The summed E-state index contributed by atoms with van der Waals surface area (Å²) in [7, 11) is -4.16. The maximum Gasteiger partial charge on any atom is 0.272 e. The van der Waals surface area contributed by atoms with Crippen LogP contribution < -0.4 is 14.8 Å². The molecule has 12 nitrogen and oxygen atoms in total. The first-order valence-electron chi connectivity index (χ1n) is 13.1. The van der Waals surface area contributed by atoms with Gasteiger partial charge >= 0.3 is 0 Å². The van der Waals surface area contributed by atoms with Crippen molar-refractivity contribution in [3.8, 4) is 17.3 Å². The number of amides is 1.